The molecule has 0 unspecified atom stereocenters. The van der Waals surface area contributed by atoms with Crippen LogP contribution in [0.4, 0.5) is 18.9 Å². The van der Waals surface area contributed by atoms with Crippen molar-refractivity contribution in [1.29, 1.82) is 0 Å². The van der Waals surface area contributed by atoms with Crippen LogP contribution in [0.1, 0.15) is 80.7 Å². The molecule has 0 aromatic heterocycles. The van der Waals surface area contributed by atoms with Gasteiger partial charge in [-0.2, -0.15) is 4.39 Å². The molecule has 3 rings (SSSR count). The number of allylic oxidation sites excluding steroid dienone is 1. The number of benzene rings is 2. The quantitative estimate of drug-likeness (QED) is 0.199. The molecule has 2 aromatic carbocycles. The smallest absolute Gasteiger partial charge is 0.313 e. The molecule has 13 heteroatoms. The third-order valence-electron chi connectivity index (χ3n) is 8.08. The summed E-state index contributed by atoms with van der Waals surface area (Å²) in [5.74, 6) is -10.0. The van der Waals surface area contributed by atoms with Gasteiger partial charge in [0.1, 0.15) is 18.5 Å². The van der Waals surface area contributed by atoms with Gasteiger partial charge in [-0.05, 0) is 43.2 Å². The first kappa shape index (κ1) is 37.8. The fourth-order valence-corrected chi connectivity index (χ4v) is 5.44. The first-order chi connectivity index (χ1) is 22.5. The fraction of sp³-hybridized carbons (Fsp3) is 0.457. The molecular formula is C35H46F3N3O7. The summed E-state index contributed by atoms with van der Waals surface area (Å²) in [6.07, 6.45) is 3.41. The molecule has 0 saturated carbocycles. The molecule has 0 aliphatic carbocycles. The number of ether oxygens (including phenoxy) is 1. The number of nitrogens with zero attached hydrogens (tertiary/aromatic N) is 1. The lowest BCUT2D eigenvalue weighted by molar-refractivity contribution is -0.146. The number of carbonyl (C=O) groups is 5. The Balaban J connectivity index is 0.00000625. The monoisotopic (exact) mass is 677 g/mol. The van der Waals surface area contributed by atoms with Gasteiger partial charge in [0.05, 0.1) is 17.4 Å². The Labute approximate surface area is 280 Å². The number of amides is 3. The molecule has 48 heavy (non-hydrogen) atoms. The fourth-order valence-electron chi connectivity index (χ4n) is 5.44. The van der Waals surface area contributed by atoms with Crippen LogP contribution in [0.15, 0.2) is 36.4 Å². The number of carboxylic acid groups (broad SMARTS) is 1. The molecule has 0 radical (unpaired) electrons. The lowest BCUT2D eigenvalue weighted by atomic mass is 9.83. The number of nitrogens with one attached hydrogen (secondary N) is 2. The predicted molar refractivity (Wildman–Crippen MR) is 177 cm³/mol. The minimum atomic E-state index is -1.66. The van der Waals surface area contributed by atoms with E-state index in [0.29, 0.717) is 31.0 Å². The lowest BCUT2D eigenvalue weighted by Gasteiger charge is -2.33. The summed E-state index contributed by atoms with van der Waals surface area (Å²) in [6, 6.07) is 5.78. The third-order valence-corrected chi connectivity index (χ3v) is 8.08. The summed E-state index contributed by atoms with van der Waals surface area (Å²) in [6.45, 7) is 8.14. The van der Waals surface area contributed by atoms with Crippen LogP contribution in [-0.2, 0) is 29.4 Å². The van der Waals surface area contributed by atoms with Crippen LogP contribution < -0.4 is 15.4 Å². The maximum atomic E-state index is 14.6. The second-order valence-electron chi connectivity index (χ2n) is 13.1. The second-order valence-corrected chi connectivity index (χ2v) is 13.1. The van der Waals surface area contributed by atoms with Crippen molar-refractivity contribution in [2.24, 2.45) is 5.41 Å². The van der Waals surface area contributed by atoms with Crippen molar-refractivity contribution >= 4 is 41.2 Å². The van der Waals surface area contributed by atoms with E-state index in [-0.39, 0.29) is 27.8 Å². The molecule has 1 aliphatic heterocycles. The molecule has 0 spiro atoms. The van der Waals surface area contributed by atoms with Crippen molar-refractivity contribution in [3.63, 3.8) is 0 Å². The lowest BCUT2D eigenvalue weighted by Crippen LogP contribution is -2.53. The number of para-hydroxylation sites is 1. The largest absolute Gasteiger partial charge is 0.482 e. The zero-order chi connectivity index (χ0) is 35.8. The maximum Gasteiger partial charge on any atom is 0.313 e. The summed E-state index contributed by atoms with van der Waals surface area (Å²) >= 11 is 0. The number of likely N-dealkylation sites (tertiary alicyclic amines) is 1. The average Bonchev–Trinajstić information content (AvgIpc) is 3.22. The van der Waals surface area contributed by atoms with Gasteiger partial charge >= 0.3 is 17.8 Å². The molecule has 3 N–H and O–H groups in total. The van der Waals surface area contributed by atoms with Crippen LogP contribution in [0.3, 0.4) is 0 Å². The summed E-state index contributed by atoms with van der Waals surface area (Å²) in [4.78, 5) is 66.1. The van der Waals surface area contributed by atoms with Gasteiger partial charge in [-0.3, -0.25) is 24.0 Å². The topological polar surface area (TPSA) is 142 Å². The number of aliphatic carboxylic acids is 1. The highest BCUT2D eigenvalue weighted by molar-refractivity contribution is 6.39. The molecule has 3 amide bonds. The van der Waals surface area contributed by atoms with E-state index >= 15 is 0 Å². The maximum absolute atomic E-state index is 14.6. The molecule has 1 fully saturated rings. The van der Waals surface area contributed by atoms with Gasteiger partial charge in [-0.25, -0.2) is 8.78 Å². The molecule has 2 aromatic rings. The van der Waals surface area contributed by atoms with E-state index in [1.54, 1.807) is 19.1 Å². The normalized spacial score (nSPS) is 17.4. The Morgan fingerprint density at radius 2 is 1.79 bits per heavy atom. The zero-order valence-electron chi connectivity index (χ0n) is 27.8. The van der Waals surface area contributed by atoms with Gasteiger partial charge in [0.2, 0.25) is 11.7 Å². The molecule has 0 bridgehead atoms. The highest BCUT2D eigenvalue weighted by atomic mass is 19.2. The summed E-state index contributed by atoms with van der Waals surface area (Å²) in [5, 5.41) is 14.6. The summed E-state index contributed by atoms with van der Waals surface area (Å²) in [5.41, 5.74) is -0.793. The van der Waals surface area contributed by atoms with Crippen molar-refractivity contribution in [2.45, 2.75) is 78.2 Å². The molecule has 1 saturated heterocycles. The number of anilines is 1. The summed E-state index contributed by atoms with van der Waals surface area (Å²) < 4.78 is 48.2. The van der Waals surface area contributed by atoms with Gasteiger partial charge in [0.25, 0.3) is 0 Å². The number of hydrogen-bond donors (Lipinski definition) is 3. The standard InChI is InChI=1S/C35H42F3N3O7.2H2/c1-6-7-12-21-23(36)17-24(37)29(38)30(21)48-19-27(42)26(18-28(43)44)40-33(47)35(5)15-10-11-16-41(20-35)32(46)31(45)39-25-14-9-8-13-22(25)34(2,3)4;;/h7-9,12-14,17,26H,6,10-11,15-16,18-20H2,1-5H3,(H,39,45)(H,40,47)(H,43,44);2*1H/t26-,35+;;/m0../s1. The van der Waals surface area contributed by atoms with Gasteiger partial charge in [-0.1, -0.05) is 64.5 Å². The number of carbonyl (C=O) groups excluding carboxylic acids is 4. The van der Waals surface area contributed by atoms with Crippen LogP contribution >= 0.6 is 0 Å². The highest BCUT2D eigenvalue weighted by Crippen LogP contribution is 2.32. The SMILES string of the molecule is CCC=Cc1c(F)cc(F)c(F)c1OCC(=O)[C@H](CC(=O)O)NC(=O)[C@]1(C)CCCCN(C(=O)C(=O)Nc2ccccc2C(C)(C)C)C1.[HH].[HH]. The molecule has 1 heterocycles. The minimum Gasteiger partial charge on any atom is -0.482 e. The van der Waals surface area contributed by atoms with Crippen molar-refractivity contribution in [3.05, 3.63) is 65.0 Å². The van der Waals surface area contributed by atoms with E-state index in [1.807, 2.05) is 32.9 Å². The Kier molecular flexibility index (Phi) is 12.5. The number of Topliss-reactive ketones (excluding diaryl/α,β-unsaturated/α-hetero) is 1. The minimum absolute atomic E-state index is 0. The van der Waals surface area contributed by atoms with Gasteiger partial charge in [-0.15, -0.1) is 0 Å². The molecule has 264 valence electrons. The van der Waals surface area contributed by atoms with E-state index in [9.17, 15) is 42.3 Å². The van der Waals surface area contributed by atoms with E-state index in [2.05, 4.69) is 10.6 Å². The number of rotatable bonds is 11. The number of hydrogen-bond acceptors (Lipinski definition) is 6. The summed E-state index contributed by atoms with van der Waals surface area (Å²) in [7, 11) is 0. The molecule has 2 atom stereocenters. The van der Waals surface area contributed by atoms with Crippen LogP contribution in [-0.4, -0.2) is 65.2 Å². The van der Waals surface area contributed by atoms with Crippen LogP contribution in [0, 0.1) is 22.9 Å². The van der Waals surface area contributed by atoms with Gasteiger partial charge < -0.3 is 25.4 Å². The van der Waals surface area contributed by atoms with Crippen molar-refractivity contribution in [3.8, 4) is 5.75 Å². The Morgan fingerprint density at radius 1 is 1.10 bits per heavy atom. The van der Waals surface area contributed by atoms with Crippen LogP contribution in [0.5, 0.6) is 5.75 Å². The first-order valence-corrected chi connectivity index (χ1v) is 15.7. The Bertz CT molecular complexity index is 1600. The Morgan fingerprint density at radius 3 is 2.44 bits per heavy atom. The highest BCUT2D eigenvalue weighted by Gasteiger charge is 2.41. The van der Waals surface area contributed by atoms with Crippen molar-refractivity contribution in [2.75, 3.05) is 25.0 Å². The third kappa shape index (κ3) is 9.45. The van der Waals surface area contributed by atoms with Gasteiger partial charge in [0.15, 0.2) is 17.3 Å². The molecular weight excluding hydrogens is 631 g/mol. The number of carboxylic acids is 1. The predicted octanol–water partition coefficient (Wildman–Crippen LogP) is 5.88. The van der Waals surface area contributed by atoms with Crippen molar-refractivity contribution in [1.82, 2.24) is 10.2 Å². The zero-order valence-corrected chi connectivity index (χ0v) is 27.8. The molecule has 10 nitrogen and oxygen atoms in total. The second kappa shape index (κ2) is 15.9. The van der Waals surface area contributed by atoms with E-state index < -0.39 is 82.7 Å². The average molecular weight is 678 g/mol. The van der Waals surface area contributed by atoms with E-state index in [4.69, 9.17) is 4.74 Å². The first-order valence-electron chi connectivity index (χ1n) is 15.7. The van der Waals surface area contributed by atoms with E-state index in [0.717, 1.165) is 11.6 Å². The van der Waals surface area contributed by atoms with E-state index in [1.165, 1.54) is 17.9 Å². The van der Waals surface area contributed by atoms with Gasteiger partial charge in [0, 0.05) is 27.7 Å². The van der Waals surface area contributed by atoms with Crippen LogP contribution in [0.2, 0.25) is 0 Å². The van der Waals surface area contributed by atoms with Crippen LogP contribution in [0.25, 0.3) is 6.08 Å². The number of ketones is 1. The Hall–Kier alpha value is -4.68. The van der Waals surface area contributed by atoms with Crippen molar-refractivity contribution < 1.29 is 49.8 Å². The number of halogens is 3. The molecule has 1 aliphatic rings.